The molecule has 0 bridgehead atoms. The number of benzene rings is 1. The highest BCUT2D eigenvalue weighted by Gasteiger charge is 2.11. The van der Waals surface area contributed by atoms with Crippen LogP contribution in [-0.2, 0) is 6.54 Å². The summed E-state index contributed by atoms with van der Waals surface area (Å²) < 4.78 is 26.3. The number of nitrogens with one attached hydrogen (secondary N) is 2. The molecular weight excluding hydrogens is 226 g/mol. The van der Waals surface area contributed by atoms with Crippen LogP contribution >= 0.6 is 0 Å². The van der Waals surface area contributed by atoms with Gasteiger partial charge >= 0.3 is 0 Å². The van der Waals surface area contributed by atoms with E-state index in [0.717, 1.165) is 6.07 Å². The van der Waals surface area contributed by atoms with Gasteiger partial charge in [0.1, 0.15) is 12.2 Å². The summed E-state index contributed by atoms with van der Waals surface area (Å²) in [5.41, 5.74) is 0.288. The molecule has 2 aromatic rings. The zero-order valence-corrected chi connectivity index (χ0v) is 9.24. The Kier molecular flexibility index (Phi) is 3.43. The summed E-state index contributed by atoms with van der Waals surface area (Å²) in [4.78, 5) is 3.97. The monoisotopic (exact) mass is 238 g/mol. The van der Waals surface area contributed by atoms with Gasteiger partial charge in [0, 0.05) is 12.1 Å². The molecule has 2 rings (SSSR count). The third-order valence-corrected chi connectivity index (χ3v) is 2.47. The van der Waals surface area contributed by atoms with Crippen molar-refractivity contribution in [3.63, 3.8) is 0 Å². The molecule has 1 unspecified atom stereocenters. The molecule has 1 aromatic carbocycles. The first kappa shape index (κ1) is 11.7. The van der Waals surface area contributed by atoms with Crippen LogP contribution in [0.3, 0.4) is 0 Å². The fourth-order valence-corrected chi connectivity index (χ4v) is 1.47. The molecule has 2 N–H and O–H groups in total. The third kappa shape index (κ3) is 2.65. The van der Waals surface area contributed by atoms with Gasteiger partial charge in [0.15, 0.2) is 11.6 Å². The summed E-state index contributed by atoms with van der Waals surface area (Å²) in [5, 5.41) is 9.46. The lowest BCUT2D eigenvalue weighted by Crippen LogP contribution is -2.20. The number of rotatable bonds is 4. The number of nitrogens with zero attached hydrogens (tertiary/aromatic N) is 2. The van der Waals surface area contributed by atoms with Crippen LogP contribution in [0.4, 0.5) is 8.78 Å². The second-order valence-corrected chi connectivity index (χ2v) is 3.69. The number of halogens is 2. The normalized spacial score (nSPS) is 12.6. The van der Waals surface area contributed by atoms with E-state index in [-0.39, 0.29) is 18.2 Å². The Hall–Kier alpha value is -1.82. The number of aromatic amines is 1. The van der Waals surface area contributed by atoms with E-state index in [1.165, 1.54) is 12.4 Å². The second kappa shape index (κ2) is 5.01. The van der Waals surface area contributed by atoms with Crippen molar-refractivity contribution in [1.82, 2.24) is 20.5 Å². The van der Waals surface area contributed by atoms with Crippen LogP contribution in [-0.4, -0.2) is 15.2 Å². The highest BCUT2D eigenvalue weighted by Crippen LogP contribution is 2.13. The van der Waals surface area contributed by atoms with Gasteiger partial charge in [0.05, 0.1) is 6.04 Å². The van der Waals surface area contributed by atoms with Crippen molar-refractivity contribution in [3.05, 3.63) is 47.5 Å². The maximum Gasteiger partial charge on any atom is 0.163 e. The summed E-state index contributed by atoms with van der Waals surface area (Å²) in [5.74, 6) is -0.997. The maximum atomic E-state index is 13.3. The minimum atomic E-state index is -0.836. The van der Waals surface area contributed by atoms with Gasteiger partial charge in [0.2, 0.25) is 0 Å². The lowest BCUT2D eigenvalue weighted by Gasteiger charge is -2.11. The van der Waals surface area contributed by atoms with Gasteiger partial charge in [0.25, 0.3) is 0 Å². The Morgan fingerprint density at radius 2 is 2.24 bits per heavy atom. The minimum absolute atomic E-state index is 0.111. The van der Waals surface area contributed by atoms with Crippen LogP contribution in [0, 0.1) is 11.6 Å². The van der Waals surface area contributed by atoms with E-state index in [1.807, 2.05) is 6.92 Å². The highest BCUT2D eigenvalue weighted by molar-refractivity contribution is 5.18. The molecule has 0 fully saturated rings. The largest absolute Gasteiger partial charge is 0.303 e. The van der Waals surface area contributed by atoms with Gasteiger partial charge in [-0.25, -0.2) is 13.8 Å². The van der Waals surface area contributed by atoms with Crippen molar-refractivity contribution < 1.29 is 8.78 Å². The Morgan fingerprint density at radius 1 is 1.41 bits per heavy atom. The molecule has 0 saturated carbocycles. The molecule has 0 aliphatic rings. The van der Waals surface area contributed by atoms with Gasteiger partial charge in [-0.2, -0.15) is 5.10 Å². The summed E-state index contributed by atoms with van der Waals surface area (Å²) in [6, 6.07) is 4.01. The highest BCUT2D eigenvalue weighted by atomic mass is 19.2. The molecule has 0 spiro atoms. The summed E-state index contributed by atoms with van der Waals surface area (Å²) >= 11 is 0. The van der Waals surface area contributed by atoms with Crippen molar-refractivity contribution in [2.45, 2.75) is 19.5 Å². The van der Waals surface area contributed by atoms with Gasteiger partial charge in [-0.15, -0.1) is 0 Å². The predicted molar refractivity (Wildman–Crippen MR) is 58.0 cm³/mol. The minimum Gasteiger partial charge on any atom is -0.303 e. The number of hydrogen-bond donors (Lipinski definition) is 2. The number of aromatic nitrogens is 3. The molecule has 4 nitrogen and oxygen atoms in total. The van der Waals surface area contributed by atoms with Crippen LogP contribution in [0.2, 0.25) is 0 Å². The molecular formula is C11H12F2N4. The molecule has 1 aromatic heterocycles. The smallest absolute Gasteiger partial charge is 0.163 e. The molecule has 1 atom stereocenters. The lowest BCUT2D eigenvalue weighted by atomic mass is 10.2. The van der Waals surface area contributed by atoms with E-state index in [2.05, 4.69) is 20.5 Å². The van der Waals surface area contributed by atoms with E-state index in [4.69, 9.17) is 0 Å². The second-order valence-electron chi connectivity index (χ2n) is 3.69. The summed E-state index contributed by atoms with van der Waals surface area (Å²) in [6.45, 7) is 2.09. The van der Waals surface area contributed by atoms with Crippen LogP contribution in [0.1, 0.15) is 24.4 Å². The third-order valence-electron chi connectivity index (χ3n) is 2.47. The molecule has 17 heavy (non-hydrogen) atoms. The van der Waals surface area contributed by atoms with Gasteiger partial charge in [-0.3, -0.25) is 5.10 Å². The Bertz CT molecular complexity index is 484. The number of H-pyrrole nitrogens is 1. The van der Waals surface area contributed by atoms with Crippen LogP contribution in [0.25, 0.3) is 0 Å². The fraction of sp³-hybridized carbons (Fsp3) is 0.273. The summed E-state index contributed by atoms with van der Waals surface area (Å²) in [6.07, 6.45) is 1.40. The Morgan fingerprint density at radius 3 is 2.94 bits per heavy atom. The molecule has 0 saturated heterocycles. The van der Waals surface area contributed by atoms with E-state index in [1.54, 1.807) is 6.07 Å². The van der Waals surface area contributed by atoms with Crippen LogP contribution in [0.5, 0.6) is 0 Å². The number of hydrogen-bond acceptors (Lipinski definition) is 3. The molecule has 0 radical (unpaired) electrons. The Labute approximate surface area is 97.1 Å². The molecule has 6 heteroatoms. The van der Waals surface area contributed by atoms with Crippen molar-refractivity contribution in [1.29, 1.82) is 0 Å². The molecule has 90 valence electrons. The topological polar surface area (TPSA) is 53.6 Å². The molecule has 1 heterocycles. The van der Waals surface area contributed by atoms with Crippen molar-refractivity contribution in [2.75, 3.05) is 0 Å². The average Bonchev–Trinajstić information content (AvgIpc) is 2.84. The maximum absolute atomic E-state index is 13.3. The molecule has 0 amide bonds. The van der Waals surface area contributed by atoms with Crippen molar-refractivity contribution in [2.24, 2.45) is 0 Å². The van der Waals surface area contributed by atoms with Crippen LogP contribution < -0.4 is 5.32 Å². The van der Waals surface area contributed by atoms with Gasteiger partial charge in [-0.05, 0) is 13.0 Å². The van der Waals surface area contributed by atoms with E-state index >= 15 is 0 Å². The predicted octanol–water partition coefficient (Wildman–Crippen LogP) is 1.93. The quantitative estimate of drug-likeness (QED) is 0.855. The first-order chi connectivity index (χ1) is 8.18. The first-order valence-electron chi connectivity index (χ1n) is 5.20. The van der Waals surface area contributed by atoms with E-state index < -0.39 is 11.6 Å². The Balaban J connectivity index is 2.00. The summed E-state index contributed by atoms with van der Waals surface area (Å²) in [7, 11) is 0. The van der Waals surface area contributed by atoms with Gasteiger partial charge in [-0.1, -0.05) is 12.1 Å². The van der Waals surface area contributed by atoms with E-state index in [9.17, 15) is 8.78 Å². The zero-order valence-electron chi connectivity index (χ0n) is 9.24. The van der Waals surface area contributed by atoms with E-state index in [0.29, 0.717) is 5.82 Å². The van der Waals surface area contributed by atoms with Crippen molar-refractivity contribution in [3.8, 4) is 0 Å². The standard InChI is InChI=1S/C11H12F2N4/c1-7(11-15-6-16-17-11)14-5-8-3-2-4-9(12)10(8)13/h2-4,6-7,14H,5H2,1H3,(H,15,16,17). The lowest BCUT2D eigenvalue weighted by molar-refractivity contribution is 0.481. The fourth-order valence-electron chi connectivity index (χ4n) is 1.47. The molecule has 0 aliphatic carbocycles. The molecule has 0 aliphatic heterocycles. The van der Waals surface area contributed by atoms with Crippen LogP contribution in [0.15, 0.2) is 24.5 Å². The zero-order chi connectivity index (χ0) is 12.3. The van der Waals surface area contributed by atoms with Crippen molar-refractivity contribution >= 4 is 0 Å². The van der Waals surface area contributed by atoms with Gasteiger partial charge < -0.3 is 5.32 Å². The average molecular weight is 238 g/mol. The SMILES string of the molecule is CC(NCc1cccc(F)c1F)c1ncn[nH]1. The first-order valence-corrected chi connectivity index (χ1v) is 5.20.